The molecule has 1 atom stereocenters. The van der Waals surface area contributed by atoms with Crippen LogP contribution in [0.25, 0.3) is 0 Å². The second-order valence-electron chi connectivity index (χ2n) is 4.41. The van der Waals surface area contributed by atoms with Crippen molar-refractivity contribution in [2.45, 2.75) is 26.2 Å². The quantitative estimate of drug-likeness (QED) is 0.478. The minimum Gasteiger partial charge on any atom is -0.465 e. The van der Waals surface area contributed by atoms with Crippen LogP contribution in [-0.2, 0) is 16.0 Å². The molecular formula is C14H15ClO3. The Kier molecular flexibility index (Phi) is 4.02. The van der Waals surface area contributed by atoms with Crippen molar-refractivity contribution in [1.82, 2.24) is 0 Å². The van der Waals surface area contributed by atoms with Crippen LogP contribution >= 0.6 is 11.6 Å². The van der Waals surface area contributed by atoms with Crippen molar-refractivity contribution >= 4 is 23.4 Å². The van der Waals surface area contributed by atoms with Crippen molar-refractivity contribution in [2.24, 2.45) is 5.92 Å². The Balaban J connectivity index is 2.09. The van der Waals surface area contributed by atoms with Crippen LogP contribution in [-0.4, -0.2) is 18.4 Å². The van der Waals surface area contributed by atoms with Gasteiger partial charge in [-0.05, 0) is 24.5 Å². The van der Waals surface area contributed by atoms with Gasteiger partial charge < -0.3 is 4.74 Å². The summed E-state index contributed by atoms with van der Waals surface area (Å²) in [6.45, 7) is 2.40. The maximum absolute atomic E-state index is 12.1. The Morgan fingerprint density at radius 1 is 1.50 bits per heavy atom. The number of hydrogen-bond donors (Lipinski definition) is 0. The third kappa shape index (κ3) is 2.41. The van der Waals surface area contributed by atoms with Gasteiger partial charge in [0.05, 0.1) is 6.61 Å². The Morgan fingerprint density at radius 3 is 2.94 bits per heavy atom. The summed E-state index contributed by atoms with van der Waals surface area (Å²) in [6, 6.07) is 5.17. The lowest BCUT2D eigenvalue weighted by Gasteiger charge is -2.08. The first kappa shape index (κ1) is 13.1. The van der Waals surface area contributed by atoms with E-state index in [2.05, 4.69) is 0 Å². The van der Waals surface area contributed by atoms with E-state index in [1.165, 1.54) is 0 Å². The molecule has 0 bridgehead atoms. The molecule has 1 aromatic carbocycles. The van der Waals surface area contributed by atoms with E-state index in [9.17, 15) is 9.59 Å². The zero-order valence-electron chi connectivity index (χ0n) is 10.2. The number of benzene rings is 1. The van der Waals surface area contributed by atoms with E-state index in [1.54, 1.807) is 18.2 Å². The van der Waals surface area contributed by atoms with E-state index in [1.807, 2.05) is 6.92 Å². The number of ketones is 1. The first-order valence-corrected chi connectivity index (χ1v) is 6.51. The summed E-state index contributed by atoms with van der Waals surface area (Å²) in [7, 11) is 0. The lowest BCUT2D eigenvalue weighted by molar-refractivity contribution is -0.146. The topological polar surface area (TPSA) is 43.4 Å². The summed E-state index contributed by atoms with van der Waals surface area (Å²) in [6.07, 6.45) is 2.14. The second kappa shape index (κ2) is 5.53. The van der Waals surface area contributed by atoms with Gasteiger partial charge in [0.15, 0.2) is 5.78 Å². The van der Waals surface area contributed by atoms with E-state index in [-0.39, 0.29) is 5.78 Å². The molecule has 0 heterocycles. The van der Waals surface area contributed by atoms with Crippen molar-refractivity contribution < 1.29 is 14.3 Å². The molecule has 0 N–H and O–H groups in total. The zero-order valence-corrected chi connectivity index (χ0v) is 11.0. The van der Waals surface area contributed by atoms with Crippen LogP contribution in [0.15, 0.2) is 18.2 Å². The fourth-order valence-corrected chi connectivity index (χ4v) is 2.34. The highest BCUT2D eigenvalue weighted by atomic mass is 35.5. The van der Waals surface area contributed by atoms with E-state index in [0.29, 0.717) is 23.6 Å². The van der Waals surface area contributed by atoms with Crippen LogP contribution in [0.3, 0.4) is 0 Å². The number of halogens is 1. The highest BCUT2D eigenvalue weighted by Crippen LogP contribution is 2.32. The van der Waals surface area contributed by atoms with Crippen LogP contribution in [0.1, 0.15) is 35.7 Å². The minimum atomic E-state index is -0.711. The number of carbonyl (C=O) groups excluding carboxylic acids is 2. The average molecular weight is 267 g/mol. The fourth-order valence-electron chi connectivity index (χ4n) is 2.09. The van der Waals surface area contributed by atoms with Crippen LogP contribution in [0.4, 0.5) is 0 Å². The molecule has 0 aromatic heterocycles. The van der Waals surface area contributed by atoms with Crippen LogP contribution in [0, 0.1) is 5.92 Å². The standard InChI is InChI=1S/C14H15ClO3/c1-2-3-7-18-14(17)11-8-10-9(13(11)16)5-4-6-12(10)15/h4-6,11H,2-3,7-8H2,1H3. The van der Waals surface area contributed by atoms with Gasteiger partial charge >= 0.3 is 5.97 Å². The molecule has 0 aliphatic heterocycles. The van der Waals surface area contributed by atoms with Gasteiger partial charge in [-0.1, -0.05) is 37.1 Å². The van der Waals surface area contributed by atoms with Crippen molar-refractivity contribution in [3.8, 4) is 0 Å². The average Bonchev–Trinajstić information content (AvgIpc) is 2.69. The van der Waals surface area contributed by atoms with Gasteiger partial charge in [-0.15, -0.1) is 0 Å². The van der Waals surface area contributed by atoms with Crippen LogP contribution in [0.5, 0.6) is 0 Å². The first-order chi connectivity index (χ1) is 8.65. The fraction of sp³-hybridized carbons (Fsp3) is 0.429. The summed E-state index contributed by atoms with van der Waals surface area (Å²) >= 11 is 6.03. The molecule has 0 saturated heterocycles. The summed E-state index contributed by atoms with van der Waals surface area (Å²) in [4.78, 5) is 23.9. The minimum absolute atomic E-state index is 0.172. The third-order valence-electron chi connectivity index (χ3n) is 3.14. The predicted octanol–water partition coefficient (Wildman–Crippen LogP) is 3.04. The monoisotopic (exact) mass is 266 g/mol. The van der Waals surface area contributed by atoms with Crippen molar-refractivity contribution in [3.05, 3.63) is 34.3 Å². The molecule has 18 heavy (non-hydrogen) atoms. The molecule has 1 unspecified atom stereocenters. The van der Waals surface area contributed by atoms with Gasteiger partial charge in [-0.2, -0.15) is 0 Å². The Hall–Kier alpha value is -1.35. The van der Waals surface area contributed by atoms with Crippen LogP contribution < -0.4 is 0 Å². The lowest BCUT2D eigenvalue weighted by Crippen LogP contribution is -2.23. The number of unbranched alkanes of at least 4 members (excludes halogenated alkanes) is 1. The molecule has 96 valence electrons. The summed E-state index contributed by atoms with van der Waals surface area (Å²) < 4.78 is 5.11. The van der Waals surface area contributed by atoms with E-state index < -0.39 is 11.9 Å². The van der Waals surface area contributed by atoms with Crippen LogP contribution in [0.2, 0.25) is 5.02 Å². The number of fused-ring (bicyclic) bond motifs is 1. The maximum atomic E-state index is 12.1. The maximum Gasteiger partial charge on any atom is 0.317 e. The molecule has 4 heteroatoms. The van der Waals surface area contributed by atoms with Gasteiger partial charge in [0.2, 0.25) is 0 Å². The molecular weight excluding hydrogens is 252 g/mol. The SMILES string of the molecule is CCCCOC(=O)C1Cc2c(Cl)cccc2C1=O. The first-order valence-electron chi connectivity index (χ1n) is 6.13. The van der Waals surface area contributed by atoms with Gasteiger partial charge in [0, 0.05) is 10.6 Å². The van der Waals surface area contributed by atoms with E-state index >= 15 is 0 Å². The number of hydrogen-bond acceptors (Lipinski definition) is 3. The highest BCUT2D eigenvalue weighted by Gasteiger charge is 2.37. The number of Topliss-reactive ketones (excluding diaryl/α,β-unsaturated/α-hetero) is 1. The van der Waals surface area contributed by atoms with Crippen molar-refractivity contribution in [2.75, 3.05) is 6.61 Å². The molecule has 3 nitrogen and oxygen atoms in total. The summed E-state index contributed by atoms with van der Waals surface area (Å²) in [5, 5.41) is 0.546. The third-order valence-corrected chi connectivity index (χ3v) is 3.49. The molecule has 1 aromatic rings. The van der Waals surface area contributed by atoms with Crippen molar-refractivity contribution in [3.63, 3.8) is 0 Å². The zero-order chi connectivity index (χ0) is 13.1. The molecule has 2 rings (SSSR count). The number of esters is 1. The molecule has 0 saturated carbocycles. The number of ether oxygens (including phenoxy) is 1. The van der Waals surface area contributed by atoms with Gasteiger partial charge in [0.25, 0.3) is 0 Å². The predicted molar refractivity (Wildman–Crippen MR) is 68.8 cm³/mol. The molecule has 0 radical (unpaired) electrons. The molecule has 0 spiro atoms. The molecule has 0 fully saturated rings. The van der Waals surface area contributed by atoms with Gasteiger partial charge in [-0.3, -0.25) is 9.59 Å². The number of carbonyl (C=O) groups is 2. The van der Waals surface area contributed by atoms with E-state index in [4.69, 9.17) is 16.3 Å². The smallest absolute Gasteiger partial charge is 0.317 e. The number of rotatable bonds is 4. The highest BCUT2D eigenvalue weighted by molar-refractivity contribution is 6.32. The molecule has 0 amide bonds. The normalized spacial score (nSPS) is 17.7. The molecule has 1 aliphatic carbocycles. The summed E-state index contributed by atoms with van der Waals surface area (Å²) in [5.41, 5.74) is 1.32. The Bertz CT molecular complexity index is 482. The Morgan fingerprint density at radius 2 is 2.28 bits per heavy atom. The lowest BCUT2D eigenvalue weighted by atomic mass is 10.1. The van der Waals surface area contributed by atoms with Gasteiger partial charge in [-0.25, -0.2) is 0 Å². The Labute approximate surface area is 111 Å². The largest absolute Gasteiger partial charge is 0.465 e. The summed E-state index contributed by atoms with van der Waals surface area (Å²) in [5.74, 6) is -1.31. The van der Waals surface area contributed by atoms with Crippen molar-refractivity contribution in [1.29, 1.82) is 0 Å². The molecule has 1 aliphatic rings. The van der Waals surface area contributed by atoms with E-state index in [0.717, 1.165) is 18.4 Å². The van der Waals surface area contributed by atoms with Gasteiger partial charge in [0.1, 0.15) is 5.92 Å². The second-order valence-corrected chi connectivity index (χ2v) is 4.82.